The SMILES string of the molecule is CCOC(=O)c1c(N=NN2CCOCC2)sc(-c2ccccc2)c1C. The highest BCUT2D eigenvalue weighted by Gasteiger charge is 2.23. The Hall–Kier alpha value is -2.25. The predicted molar refractivity (Wildman–Crippen MR) is 97.4 cm³/mol. The summed E-state index contributed by atoms with van der Waals surface area (Å²) in [6.45, 7) is 6.74. The summed E-state index contributed by atoms with van der Waals surface area (Å²) < 4.78 is 10.5. The average Bonchev–Trinajstić information content (AvgIpc) is 2.98. The van der Waals surface area contributed by atoms with Gasteiger partial charge in [-0.25, -0.2) is 4.79 Å². The number of benzene rings is 1. The molecule has 6 nitrogen and oxygen atoms in total. The van der Waals surface area contributed by atoms with Crippen molar-refractivity contribution in [1.29, 1.82) is 0 Å². The molecule has 0 spiro atoms. The van der Waals surface area contributed by atoms with Crippen LogP contribution in [0, 0.1) is 6.92 Å². The van der Waals surface area contributed by atoms with E-state index in [2.05, 4.69) is 10.3 Å². The van der Waals surface area contributed by atoms with E-state index >= 15 is 0 Å². The minimum atomic E-state index is -0.352. The Kier molecular flexibility index (Phi) is 5.78. The molecule has 0 saturated carbocycles. The maximum atomic E-state index is 12.4. The van der Waals surface area contributed by atoms with Crippen LogP contribution in [0.1, 0.15) is 22.8 Å². The number of morpholine rings is 1. The third-order valence-corrected chi connectivity index (χ3v) is 5.12. The highest BCUT2D eigenvalue weighted by molar-refractivity contribution is 7.19. The number of carbonyl (C=O) groups excluding carboxylic acids is 1. The standard InChI is InChI=1S/C18H21N3O3S/c1-3-24-18(22)15-13(2)16(14-7-5-4-6-8-14)25-17(15)19-20-21-9-11-23-12-10-21/h4-8H,3,9-12H2,1-2H3. The van der Waals surface area contributed by atoms with Crippen LogP contribution >= 0.6 is 11.3 Å². The van der Waals surface area contributed by atoms with E-state index in [1.54, 1.807) is 6.92 Å². The summed E-state index contributed by atoms with van der Waals surface area (Å²) in [6, 6.07) is 9.98. The summed E-state index contributed by atoms with van der Waals surface area (Å²) in [5, 5.41) is 11.1. The third kappa shape index (κ3) is 4.05. The summed E-state index contributed by atoms with van der Waals surface area (Å²) in [6.07, 6.45) is 0. The number of ether oxygens (including phenoxy) is 2. The maximum absolute atomic E-state index is 12.4. The van der Waals surface area contributed by atoms with Crippen LogP contribution < -0.4 is 0 Å². The van der Waals surface area contributed by atoms with E-state index in [1.165, 1.54) is 11.3 Å². The summed E-state index contributed by atoms with van der Waals surface area (Å²) >= 11 is 1.46. The predicted octanol–water partition coefficient (Wildman–Crippen LogP) is 4.23. The molecule has 1 aliphatic rings. The van der Waals surface area contributed by atoms with E-state index in [1.807, 2.05) is 42.3 Å². The molecule has 0 bridgehead atoms. The Morgan fingerprint density at radius 1 is 1.28 bits per heavy atom. The molecule has 1 saturated heterocycles. The van der Waals surface area contributed by atoms with Crippen LogP contribution in [-0.2, 0) is 9.47 Å². The lowest BCUT2D eigenvalue weighted by atomic mass is 10.1. The van der Waals surface area contributed by atoms with Crippen molar-refractivity contribution < 1.29 is 14.3 Å². The van der Waals surface area contributed by atoms with E-state index in [9.17, 15) is 4.79 Å². The molecule has 0 unspecified atom stereocenters. The number of thiophene rings is 1. The van der Waals surface area contributed by atoms with Crippen LogP contribution in [0.25, 0.3) is 10.4 Å². The highest BCUT2D eigenvalue weighted by atomic mass is 32.1. The minimum absolute atomic E-state index is 0.328. The van der Waals surface area contributed by atoms with Gasteiger partial charge in [0.05, 0.1) is 32.9 Å². The van der Waals surface area contributed by atoms with Gasteiger partial charge in [0.25, 0.3) is 0 Å². The summed E-state index contributed by atoms with van der Waals surface area (Å²) in [5.41, 5.74) is 2.44. The molecule has 1 aromatic carbocycles. The van der Waals surface area contributed by atoms with Gasteiger partial charge in [0.1, 0.15) is 5.56 Å². The molecule has 0 amide bonds. The molecule has 0 radical (unpaired) electrons. The van der Waals surface area contributed by atoms with Crippen LogP contribution in [0.5, 0.6) is 0 Å². The van der Waals surface area contributed by atoms with E-state index in [0.29, 0.717) is 43.5 Å². The van der Waals surface area contributed by atoms with Gasteiger partial charge in [-0.1, -0.05) is 35.6 Å². The normalized spacial score (nSPS) is 14.9. The lowest BCUT2D eigenvalue weighted by Crippen LogP contribution is -2.31. The molecule has 0 atom stereocenters. The van der Waals surface area contributed by atoms with Crippen molar-refractivity contribution in [2.75, 3.05) is 32.9 Å². The van der Waals surface area contributed by atoms with Gasteiger partial charge >= 0.3 is 5.97 Å². The first-order chi connectivity index (χ1) is 12.2. The maximum Gasteiger partial charge on any atom is 0.341 e. The first-order valence-corrected chi connectivity index (χ1v) is 9.12. The number of rotatable bonds is 5. The molecule has 1 fully saturated rings. The zero-order valence-electron chi connectivity index (χ0n) is 14.4. The van der Waals surface area contributed by atoms with Crippen LogP contribution in [-0.4, -0.2) is 43.9 Å². The van der Waals surface area contributed by atoms with E-state index in [-0.39, 0.29) is 5.97 Å². The summed E-state index contributed by atoms with van der Waals surface area (Å²) in [4.78, 5) is 13.4. The lowest BCUT2D eigenvalue weighted by Gasteiger charge is -2.22. The van der Waals surface area contributed by atoms with Gasteiger partial charge in [0.15, 0.2) is 5.00 Å². The molecule has 1 aliphatic heterocycles. The molecular formula is C18H21N3O3S. The van der Waals surface area contributed by atoms with Gasteiger partial charge in [-0.3, -0.25) is 5.01 Å². The van der Waals surface area contributed by atoms with Crippen molar-refractivity contribution in [3.8, 4) is 10.4 Å². The fourth-order valence-corrected chi connectivity index (χ4v) is 3.74. The van der Waals surface area contributed by atoms with E-state index < -0.39 is 0 Å². The second kappa shape index (κ2) is 8.22. The number of hydrogen-bond donors (Lipinski definition) is 0. The Morgan fingerprint density at radius 2 is 2.00 bits per heavy atom. The number of nitrogens with zero attached hydrogens (tertiary/aromatic N) is 3. The van der Waals surface area contributed by atoms with Crippen molar-refractivity contribution in [3.05, 3.63) is 41.5 Å². The molecule has 0 aliphatic carbocycles. The van der Waals surface area contributed by atoms with Crippen molar-refractivity contribution in [3.63, 3.8) is 0 Å². The van der Waals surface area contributed by atoms with Crippen LogP contribution in [0.3, 0.4) is 0 Å². The van der Waals surface area contributed by atoms with Crippen LogP contribution in [0.15, 0.2) is 40.7 Å². The van der Waals surface area contributed by atoms with Crippen LogP contribution in [0.2, 0.25) is 0 Å². The highest BCUT2D eigenvalue weighted by Crippen LogP contribution is 2.42. The van der Waals surface area contributed by atoms with Gasteiger partial charge in [-0.05, 0) is 25.0 Å². The summed E-state index contributed by atoms with van der Waals surface area (Å²) in [5.74, 6) is -0.352. The van der Waals surface area contributed by atoms with Gasteiger partial charge in [0.2, 0.25) is 0 Å². The third-order valence-electron chi connectivity index (χ3n) is 3.89. The summed E-state index contributed by atoms with van der Waals surface area (Å²) in [7, 11) is 0. The molecule has 7 heteroatoms. The molecule has 3 rings (SSSR count). The minimum Gasteiger partial charge on any atom is -0.462 e. The molecule has 132 valence electrons. The lowest BCUT2D eigenvalue weighted by molar-refractivity contribution is 0.0353. The van der Waals surface area contributed by atoms with Crippen molar-refractivity contribution in [1.82, 2.24) is 5.01 Å². The molecule has 2 aromatic rings. The van der Waals surface area contributed by atoms with Gasteiger partial charge < -0.3 is 9.47 Å². The fourth-order valence-electron chi connectivity index (χ4n) is 2.62. The zero-order valence-corrected chi connectivity index (χ0v) is 15.2. The Balaban J connectivity index is 1.97. The van der Waals surface area contributed by atoms with Gasteiger partial charge in [-0.2, -0.15) is 0 Å². The van der Waals surface area contributed by atoms with E-state index in [4.69, 9.17) is 9.47 Å². The zero-order chi connectivity index (χ0) is 17.6. The first-order valence-electron chi connectivity index (χ1n) is 8.31. The topological polar surface area (TPSA) is 63.5 Å². The Labute approximate surface area is 151 Å². The number of carbonyl (C=O) groups is 1. The second-order valence-corrected chi connectivity index (χ2v) is 6.58. The molecule has 2 heterocycles. The molecule has 0 N–H and O–H groups in total. The van der Waals surface area contributed by atoms with Crippen molar-refractivity contribution >= 4 is 22.3 Å². The average molecular weight is 359 g/mol. The van der Waals surface area contributed by atoms with Gasteiger partial charge in [-0.15, -0.1) is 16.5 Å². The molecule has 25 heavy (non-hydrogen) atoms. The van der Waals surface area contributed by atoms with Crippen LogP contribution in [0.4, 0.5) is 5.00 Å². The number of esters is 1. The van der Waals surface area contributed by atoms with E-state index in [0.717, 1.165) is 16.0 Å². The van der Waals surface area contributed by atoms with Crippen molar-refractivity contribution in [2.24, 2.45) is 10.3 Å². The smallest absolute Gasteiger partial charge is 0.341 e. The second-order valence-electron chi connectivity index (χ2n) is 5.58. The Morgan fingerprint density at radius 3 is 2.68 bits per heavy atom. The fraction of sp³-hybridized carbons (Fsp3) is 0.389. The quantitative estimate of drug-likeness (QED) is 0.592. The Bertz CT molecular complexity index is 752. The monoisotopic (exact) mass is 359 g/mol. The molecular weight excluding hydrogens is 338 g/mol. The van der Waals surface area contributed by atoms with Gasteiger partial charge in [0, 0.05) is 4.88 Å². The molecule has 1 aromatic heterocycles. The van der Waals surface area contributed by atoms with Crippen molar-refractivity contribution in [2.45, 2.75) is 13.8 Å². The number of hydrogen-bond acceptors (Lipinski definition) is 6. The largest absolute Gasteiger partial charge is 0.462 e. The first kappa shape index (κ1) is 17.6.